The van der Waals surface area contributed by atoms with E-state index in [4.69, 9.17) is 0 Å². The fourth-order valence-corrected chi connectivity index (χ4v) is 0.652. The summed E-state index contributed by atoms with van der Waals surface area (Å²) in [6.45, 7) is 3.15. The van der Waals surface area contributed by atoms with E-state index in [0.29, 0.717) is 0 Å². The highest BCUT2D eigenvalue weighted by molar-refractivity contribution is 5.11. The highest BCUT2D eigenvalue weighted by Crippen LogP contribution is 1.92. The molecule has 0 unspecified atom stereocenters. The van der Waals surface area contributed by atoms with Crippen LogP contribution >= 0.6 is 0 Å². The predicted octanol–water partition coefficient (Wildman–Crippen LogP) is 2.10. The topological polar surface area (TPSA) is 12.0 Å². The van der Waals surface area contributed by atoms with Gasteiger partial charge in [0, 0.05) is 6.54 Å². The second kappa shape index (κ2) is 4.56. The summed E-state index contributed by atoms with van der Waals surface area (Å²) in [4.78, 5) is 0. The molecule has 1 nitrogen and oxygen atoms in total. The van der Waals surface area contributed by atoms with E-state index >= 15 is 0 Å². The van der Waals surface area contributed by atoms with Crippen LogP contribution in [0.4, 0.5) is 0 Å². The monoisotopic (exact) mass is 147 g/mol. The molecule has 1 aliphatic rings. The van der Waals surface area contributed by atoms with Crippen LogP contribution in [0.25, 0.3) is 0 Å². The van der Waals surface area contributed by atoms with Gasteiger partial charge in [-0.15, -0.1) is 0 Å². The molecule has 1 aromatic carbocycles. The summed E-state index contributed by atoms with van der Waals surface area (Å²) in [5.41, 5.74) is 1.32. The number of hydrogen-bond donors (Lipinski definition) is 1. The summed E-state index contributed by atoms with van der Waals surface area (Å²) in [7, 11) is 0. The first-order chi connectivity index (χ1) is 5.39. The van der Waals surface area contributed by atoms with Crippen LogP contribution in [0, 0.1) is 6.92 Å². The van der Waals surface area contributed by atoms with Gasteiger partial charge in [0.05, 0.1) is 0 Å². The van der Waals surface area contributed by atoms with Gasteiger partial charge in [-0.3, -0.25) is 0 Å². The van der Waals surface area contributed by atoms with Gasteiger partial charge >= 0.3 is 0 Å². The van der Waals surface area contributed by atoms with Gasteiger partial charge in [-0.25, -0.2) is 0 Å². The lowest BCUT2D eigenvalue weighted by molar-refractivity contribution is 0.902. The average Bonchev–Trinajstić information content (AvgIpc) is 1.85. The first kappa shape index (κ1) is 7.86. The number of aryl methyl sites for hydroxylation is 1. The summed E-state index contributed by atoms with van der Waals surface area (Å²) in [6, 6.07) is 10.3. The lowest BCUT2D eigenvalue weighted by Crippen LogP contribution is -2.12. The summed E-state index contributed by atoms with van der Waals surface area (Å²) >= 11 is 0. The summed E-state index contributed by atoms with van der Waals surface area (Å²) in [5, 5.41) is 2.93. The van der Waals surface area contributed by atoms with Crippen molar-refractivity contribution in [1.29, 1.82) is 0 Å². The molecule has 0 bridgehead atoms. The van der Waals surface area contributed by atoms with Crippen molar-refractivity contribution in [3.05, 3.63) is 48.2 Å². The molecule has 58 valence electrons. The Labute approximate surface area is 67.8 Å². The third-order valence-electron chi connectivity index (χ3n) is 1.41. The van der Waals surface area contributed by atoms with Gasteiger partial charge < -0.3 is 5.32 Å². The largest absolute Gasteiger partial charge is 0.388 e. The number of hydrogen-bond acceptors (Lipinski definition) is 1. The number of nitrogens with one attached hydrogen (secondary N) is 1. The predicted molar refractivity (Wildman–Crippen MR) is 48.3 cm³/mol. The smallest absolute Gasteiger partial charge is 0.0342 e. The molecule has 0 atom stereocenters. The molecule has 0 spiro atoms. The van der Waals surface area contributed by atoms with Gasteiger partial charge in [0.2, 0.25) is 0 Å². The van der Waals surface area contributed by atoms with E-state index in [0.717, 1.165) is 6.54 Å². The zero-order chi connectivity index (χ0) is 7.94. The van der Waals surface area contributed by atoms with Crippen LogP contribution in [-0.2, 0) is 0 Å². The summed E-state index contributed by atoms with van der Waals surface area (Å²) in [5.74, 6) is 0. The molecule has 1 heteroatoms. The van der Waals surface area contributed by atoms with Gasteiger partial charge in [-0.05, 0) is 19.2 Å². The third kappa shape index (κ3) is 3.46. The molecule has 1 aromatic rings. The Hall–Kier alpha value is -1.24. The van der Waals surface area contributed by atoms with E-state index in [9.17, 15) is 0 Å². The summed E-state index contributed by atoms with van der Waals surface area (Å²) in [6.07, 6.45) is 4.00. The van der Waals surface area contributed by atoms with Crippen LogP contribution in [0.2, 0.25) is 0 Å². The minimum atomic E-state index is 1.07. The molecule has 0 aromatic heterocycles. The highest BCUT2D eigenvalue weighted by atomic mass is 14.9. The fourth-order valence-electron chi connectivity index (χ4n) is 0.652. The summed E-state index contributed by atoms with van der Waals surface area (Å²) < 4.78 is 0. The van der Waals surface area contributed by atoms with Crippen molar-refractivity contribution in [2.24, 2.45) is 0 Å². The minimum absolute atomic E-state index is 1.07. The van der Waals surface area contributed by atoms with Gasteiger partial charge in [0.25, 0.3) is 0 Å². The van der Waals surface area contributed by atoms with E-state index < -0.39 is 0 Å². The second-order valence-electron chi connectivity index (χ2n) is 2.47. The quantitative estimate of drug-likeness (QED) is 0.592. The fraction of sp³-hybridized carbons (Fsp3) is 0.200. The molecule has 1 aliphatic heterocycles. The van der Waals surface area contributed by atoms with Gasteiger partial charge in [0.15, 0.2) is 0 Å². The molecule has 1 heterocycles. The molecule has 1 N–H and O–H groups in total. The van der Waals surface area contributed by atoms with Crippen molar-refractivity contribution in [1.82, 2.24) is 5.32 Å². The number of rotatable bonds is 0. The molecular formula is C10H13N. The maximum Gasteiger partial charge on any atom is 0.0342 e. The van der Waals surface area contributed by atoms with E-state index in [1.54, 1.807) is 0 Å². The van der Waals surface area contributed by atoms with Crippen molar-refractivity contribution in [2.75, 3.05) is 6.54 Å². The van der Waals surface area contributed by atoms with Crippen molar-refractivity contribution in [3.63, 3.8) is 0 Å². The van der Waals surface area contributed by atoms with Crippen molar-refractivity contribution >= 4 is 0 Å². The third-order valence-corrected chi connectivity index (χ3v) is 1.41. The van der Waals surface area contributed by atoms with E-state index in [1.807, 2.05) is 24.4 Å². The molecule has 0 saturated carbocycles. The lowest BCUT2D eigenvalue weighted by Gasteiger charge is -1.99. The minimum Gasteiger partial charge on any atom is -0.388 e. The molecule has 0 saturated heterocycles. The van der Waals surface area contributed by atoms with Crippen LogP contribution in [0.3, 0.4) is 0 Å². The normalized spacial score (nSPS) is 12.1. The Kier molecular flexibility index (Phi) is 3.26. The Morgan fingerprint density at radius 3 is 1.82 bits per heavy atom. The molecule has 11 heavy (non-hydrogen) atoms. The first-order valence-corrected chi connectivity index (χ1v) is 3.79. The SMILES string of the molecule is C1=CNC1.Cc1ccccc1. The van der Waals surface area contributed by atoms with E-state index in [1.165, 1.54) is 5.56 Å². The van der Waals surface area contributed by atoms with Crippen molar-refractivity contribution in [3.8, 4) is 0 Å². The van der Waals surface area contributed by atoms with E-state index in [2.05, 4.69) is 30.4 Å². The van der Waals surface area contributed by atoms with Crippen LogP contribution in [0.15, 0.2) is 42.6 Å². The van der Waals surface area contributed by atoms with Gasteiger partial charge in [-0.2, -0.15) is 0 Å². The van der Waals surface area contributed by atoms with Crippen LogP contribution in [-0.4, -0.2) is 6.54 Å². The van der Waals surface area contributed by atoms with Crippen LogP contribution in [0.5, 0.6) is 0 Å². The van der Waals surface area contributed by atoms with Gasteiger partial charge in [0.1, 0.15) is 0 Å². The van der Waals surface area contributed by atoms with E-state index in [-0.39, 0.29) is 0 Å². The number of benzene rings is 1. The Morgan fingerprint density at radius 2 is 1.64 bits per heavy atom. The molecule has 0 amide bonds. The van der Waals surface area contributed by atoms with Crippen molar-refractivity contribution < 1.29 is 0 Å². The molecule has 0 aliphatic carbocycles. The Bertz CT molecular complexity index is 208. The second-order valence-corrected chi connectivity index (χ2v) is 2.47. The zero-order valence-electron chi connectivity index (χ0n) is 6.75. The molecular weight excluding hydrogens is 134 g/mol. The first-order valence-electron chi connectivity index (χ1n) is 3.79. The molecule has 2 rings (SSSR count). The maximum atomic E-state index is 2.93. The highest BCUT2D eigenvalue weighted by Gasteiger charge is 1.76. The standard InChI is InChI=1S/C7H8.C3H5N/c1-7-5-3-2-4-6-7;1-2-4-3-1/h2-6H,1H3;1-2,4H,3H2. The zero-order valence-corrected chi connectivity index (χ0v) is 6.75. The van der Waals surface area contributed by atoms with Crippen LogP contribution in [0.1, 0.15) is 5.56 Å². The van der Waals surface area contributed by atoms with Crippen LogP contribution < -0.4 is 5.32 Å². The maximum absolute atomic E-state index is 2.93. The van der Waals surface area contributed by atoms with Gasteiger partial charge in [-0.1, -0.05) is 35.9 Å². The molecule has 0 radical (unpaired) electrons. The lowest BCUT2D eigenvalue weighted by atomic mass is 10.2. The average molecular weight is 147 g/mol. The Balaban J connectivity index is 0.000000128. The van der Waals surface area contributed by atoms with Crippen molar-refractivity contribution in [2.45, 2.75) is 6.92 Å². The molecule has 0 fully saturated rings. The Morgan fingerprint density at radius 1 is 1.18 bits per heavy atom.